The van der Waals surface area contributed by atoms with E-state index in [0.717, 1.165) is 47.2 Å². The van der Waals surface area contributed by atoms with E-state index in [4.69, 9.17) is 15.2 Å². The Hall–Kier alpha value is -2.33. The molecule has 0 bridgehead atoms. The van der Waals surface area contributed by atoms with Gasteiger partial charge in [0.1, 0.15) is 0 Å². The molecule has 0 aliphatic rings. The number of carbonyl (C=O) groups is 1. The maximum Gasteiger partial charge on any atom is 0.339 e. The first kappa shape index (κ1) is 22.0. The molecule has 2 aromatic rings. The minimum Gasteiger partial charge on any atom is -0.467 e. The molecule has 152 valence electrons. The molecule has 0 amide bonds. The summed E-state index contributed by atoms with van der Waals surface area (Å²) in [6.07, 6.45) is 2.14. The van der Waals surface area contributed by atoms with Crippen molar-refractivity contribution < 1.29 is 14.3 Å². The number of rotatable bonds is 7. The fourth-order valence-electron chi connectivity index (χ4n) is 3.44. The van der Waals surface area contributed by atoms with Crippen LogP contribution in [0.25, 0.3) is 0 Å². The van der Waals surface area contributed by atoms with E-state index in [2.05, 4.69) is 24.3 Å². The second-order valence-corrected chi connectivity index (χ2v) is 8.27. The lowest BCUT2D eigenvalue weighted by Crippen LogP contribution is -2.29. The molecule has 4 nitrogen and oxygen atoms in total. The average molecular weight is 384 g/mol. The van der Waals surface area contributed by atoms with Crippen LogP contribution in [-0.4, -0.2) is 18.7 Å². The van der Waals surface area contributed by atoms with Crippen LogP contribution in [0, 0.1) is 13.8 Å². The van der Waals surface area contributed by atoms with Gasteiger partial charge in [0, 0.05) is 5.69 Å². The summed E-state index contributed by atoms with van der Waals surface area (Å²) < 4.78 is 11.0. The van der Waals surface area contributed by atoms with Gasteiger partial charge in [0.25, 0.3) is 0 Å². The molecule has 0 saturated heterocycles. The fraction of sp³-hybridized carbons (Fsp3) is 0.458. The Morgan fingerprint density at radius 3 is 2.32 bits per heavy atom. The largest absolute Gasteiger partial charge is 0.467 e. The number of ether oxygens (including phenoxy) is 2. The van der Waals surface area contributed by atoms with Crippen LogP contribution >= 0.6 is 0 Å². The first-order valence-electron chi connectivity index (χ1n) is 9.82. The molecular formula is C24H33NO3. The Morgan fingerprint density at radius 1 is 1.11 bits per heavy atom. The van der Waals surface area contributed by atoms with Gasteiger partial charge in [-0.05, 0) is 81.7 Å². The molecule has 1 atom stereocenters. The summed E-state index contributed by atoms with van der Waals surface area (Å²) in [6.45, 7) is 9.76. The number of anilines is 1. The third-order valence-electron chi connectivity index (χ3n) is 4.91. The predicted octanol–water partition coefficient (Wildman–Crippen LogP) is 5.09. The Bertz CT molecular complexity index is 807. The SMILES string of the molecule is COC(=O)C(OC(C)(C)C)c1cc(C)c(CCCc2ccccc2)c(N)c1C. The summed E-state index contributed by atoms with van der Waals surface area (Å²) in [5.74, 6) is -0.409. The topological polar surface area (TPSA) is 61.5 Å². The number of nitrogen functional groups attached to an aromatic ring is 1. The molecule has 0 aliphatic heterocycles. The lowest BCUT2D eigenvalue weighted by Gasteiger charge is -2.28. The highest BCUT2D eigenvalue weighted by Gasteiger charge is 2.30. The van der Waals surface area contributed by atoms with Crippen LogP contribution in [0.2, 0.25) is 0 Å². The van der Waals surface area contributed by atoms with Gasteiger partial charge in [-0.25, -0.2) is 4.79 Å². The van der Waals surface area contributed by atoms with Gasteiger partial charge in [0.05, 0.1) is 12.7 Å². The van der Waals surface area contributed by atoms with Crippen molar-refractivity contribution in [2.45, 2.75) is 65.6 Å². The van der Waals surface area contributed by atoms with Gasteiger partial charge in [0.15, 0.2) is 6.10 Å². The molecule has 2 aromatic carbocycles. The third-order valence-corrected chi connectivity index (χ3v) is 4.91. The van der Waals surface area contributed by atoms with E-state index >= 15 is 0 Å². The van der Waals surface area contributed by atoms with E-state index in [1.54, 1.807) is 0 Å². The smallest absolute Gasteiger partial charge is 0.339 e. The van der Waals surface area contributed by atoms with E-state index in [1.807, 2.05) is 46.8 Å². The fourth-order valence-corrected chi connectivity index (χ4v) is 3.44. The summed E-state index contributed by atoms with van der Waals surface area (Å²) in [4.78, 5) is 12.4. The van der Waals surface area contributed by atoms with Crippen molar-refractivity contribution in [2.75, 3.05) is 12.8 Å². The van der Waals surface area contributed by atoms with Gasteiger partial charge in [0.2, 0.25) is 0 Å². The van der Waals surface area contributed by atoms with E-state index < -0.39 is 17.7 Å². The average Bonchev–Trinajstić information content (AvgIpc) is 2.65. The maximum absolute atomic E-state index is 12.4. The molecule has 0 heterocycles. The van der Waals surface area contributed by atoms with Crippen LogP contribution in [0.5, 0.6) is 0 Å². The van der Waals surface area contributed by atoms with E-state index in [-0.39, 0.29) is 0 Å². The monoisotopic (exact) mass is 383 g/mol. The summed E-state index contributed by atoms with van der Waals surface area (Å²) in [5, 5.41) is 0. The van der Waals surface area contributed by atoms with Crippen LogP contribution < -0.4 is 5.73 Å². The number of methoxy groups -OCH3 is 1. The molecule has 2 rings (SSSR count). The van der Waals surface area contributed by atoms with Crippen molar-refractivity contribution in [1.29, 1.82) is 0 Å². The maximum atomic E-state index is 12.4. The van der Waals surface area contributed by atoms with Crippen molar-refractivity contribution in [3.8, 4) is 0 Å². The summed E-state index contributed by atoms with van der Waals surface area (Å²) in [7, 11) is 1.38. The highest BCUT2D eigenvalue weighted by molar-refractivity contribution is 5.78. The van der Waals surface area contributed by atoms with Gasteiger partial charge in [-0.3, -0.25) is 0 Å². The minimum absolute atomic E-state index is 0.409. The van der Waals surface area contributed by atoms with Gasteiger partial charge in [-0.1, -0.05) is 36.4 Å². The summed E-state index contributed by atoms with van der Waals surface area (Å²) in [6, 6.07) is 12.5. The molecule has 1 unspecified atom stereocenters. The molecule has 2 N–H and O–H groups in total. The zero-order chi connectivity index (χ0) is 20.9. The standard InChI is InChI=1S/C24H33NO3/c1-16-15-20(22(23(26)27-6)28-24(3,4)5)17(2)21(25)19(16)14-10-13-18-11-8-7-9-12-18/h7-9,11-12,15,22H,10,13-14,25H2,1-6H3. The highest BCUT2D eigenvalue weighted by atomic mass is 16.6. The summed E-state index contributed by atoms with van der Waals surface area (Å²) >= 11 is 0. The Morgan fingerprint density at radius 2 is 1.75 bits per heavy atom. The normalized spacial score (nSPS) is 12.6. The van der Waals surface area contributed by atoms with Crippen LogP contribution in [-0.2, 0) is 27.1 Å². The number of hydrogen-bond donors (Lipinski definition) is 1. The lowest BCUT2D eigenvalue weighted by atomic mass is 9.91. The van der Waals surface area contributed by atoms with Crippen molar-refractivity contribution in [3.63, 3.8) is 0 Å². The molecule has 0 spiro atoms. The van der Waals surface area contributed by atoms with E-state index in [9.17, 15) is 4.79 Å². The molecular weight excluding hydrogens is 350 g/mol. The molecule has 0 fully saturated rings. The van der Waals surface area contributed by atoms with Crippen LogP contribution in [0.4, 0.5) is 5.69 Å². The van der Waals surface area contributed by atoms with E-state index in [0.29, 0.717) is 0 Å². The number of esters is 1. The number of hydrogen-bond acceptors (Lipinski definition) is 4. The van der Waals surface area contributed by atoms with Gasteiger partial charge in [-0.2, -0.15) is 0 Å². The first-order valence-corrected chi connectivity index (χ1v) is 9.82. The minimum atomic E-state index is -0.788. The summed E-state index contributed by atoms with van der Waals surface area (Å²) in [5.41, 5.74) is 12.0. The quantitative estimate of drug-likeness (QED) is 0.534. The van der Waals surface area contributed by atoms with Crippen LogP contribution in [0.3, 0.4) is 0 Å². The van der Waals surface area contributed by atoms with Crippen molar-refractivity contribution in [3.05, 3.63) is 64.2 Å². The lowest BCUT2D eigenvalue weighted by molar-refractivity contribution is -0.164. The van der Waals surface area contributed by atoms with Crippen LogP contribution in [0.15, 0.2) is 36.4 Å². The zero-order valence-corrected chi connectivity index (χ0v) is 18.0. The Balaban J connectivity index is 2.27. The molecule has 0 radical (unpaired) electrons. The van der Waals surface area contributed by atoms with Crippen molar-refractivity contribution in [1.82, 2.24) is 0 Å². The predicted molar refractivity (Wildman–Crippen MR) is 114 cm³/mol. The van der Waals surface area contributed by atoms with Gasteiger partial charge in [-0.15, -0.1) is 0 Å². The number of benzene rings is 2. The van der Waals surface area contributed by atoms with Crippen LogP contribution in [0.1, 0.15) is 61.1 Å². The number of carbonyl (C=O) groups excluding carboxylic acids is 1. The molecule has 0 aliphatic carbocycles. The zero-order valence-electron chi connectivity index (χ0n) is 18.0. The number of nitrogens with two attached hydrogens (primary N) is 1. The van der Waals surface area contributed by atoms with E-state index in [1.165, 1.54) is 12.7 Å². The Kier molecular flexibility index (Phi) is 7.25. The molecule has 0 saturated carbocycles. The van der Waals surface area contributed by atoms with Gasteiger partial charge < -0.3 is 15.2 Å². The second kappa shape index (κ2) is 9.24. The third kappa shape index (κ3) is 5.59. The number of aryl methyl sites for hydroxylation is 2. The molecule has 4 heteroatoms. The Labute approximate surface area is 169 Å². The molecule has 28 heavy (non-hydrogen) atoms. The highest BCUT2D eigenvalue weighted by Crippen LogP contribution is 2.34. The molecule has 0 aromatic heterocycles. The van der Waals surface area contributed by atoms with Crippen molar-refractivity contribution >= 4 is 11.7 Å². The second-order valence-electron chi connectivity index (χ2n) is 8.27. The van der Waals surface area contributed by atoms with Gasteiger partial charge >= 0.3 is 5.97 Å². The van der Waals surface area contributed by atoms with Crippen molar-refractivity contribution in [2.24, 2.45) is 0 Å². The first-order chi connectivity index (χ1) is 13.1.